The van der Waals surface area contributed by atoms with E-state index in [0.717, 1.165) is 26.5 Å². The number of carboxylic acids is 1. The van der Waals surface area contributed by atoms with E-state index < -0.39 is 5.97 Å². The monoisotopic (exact) mass is 361 g/mol. The lowest BCUT2D eigenvalue weighted by Crippen LogP contribution is -2.06. The molecule has 0 saturated heterocycles. The maximum absolute atomic E-state index is 11.1. The number of aromatic nitrogens is 3. The van der Waals surface area contributed by atoms with Crippen molar-refractivity contribution in [1.82, 2.24) is 14.8 Å². The third-order valence-corrected chi connectivity index (χ3v) is 4.66. The number of hydrogen-bond acceptors (Lipinski definition) is 4. The lowest BCUT2D eigenvalue weighted by molar-refractivity contribution is 0.0689. The molecule has 0 spiro atoms. The topological polar surface area (TPSA) is 68.0 Å². The Hall–Kier alpha value is -2.18. The zero-order valence-electron chi connectivity index (χ0n) is 13.5. The fourth-order valence-electron chi connectivity index (χ4n) is 2.44. The van der Waals surface area contributed by atoms with Gasteiger partial charge in [0.25, 0.3) is 0 Å². The van der Waals surface area contributed by atoms with Gasteiger partial charge in [-0.1, -0.05) is 17.2 Å². The number of carbonyl (C=O) groups is 1. The molecule has 1 aromatic carbocycles. The standard InChI is InChI=1S/C17H16ClN3O2S/c1-9(2)4-15-19-16-11(6-12(18)7-14(16)24-15)8-21-10(3)5-13(20-21)17(22)23/h4-7H,8H2,1-3H3,(H,22,23). The number of fused-ring (bicyclic) bond motifs is 1. The average Bonchev–Trinajstić information content (AvgIpc) is 3.02. The van der Waals surface area contributed by atoms with E-state index in [0.29, 0.717) is 11.6 Å². The van der Waals surface area contributed by atoms with E-state index in [9.17, 15) is 4.79 Å². The van der Waals surface area contributed by atoms with E-state index in [1.807, 2.05) is 39.0 Å². The third kappa shape index (κ3) is 3.34. The first-order chi connectivity index (χ1) is 11.3. The van der Waals surface area contributed by atoms with Gasteiger partial charge in [0.05, 0.1) is 16.8 Å². The van der Waals surface area contributed by atoms with Crippen LogP contribution in [0.5, 0.6) is 0 Å². The van der Waals surface area contributed by atoms with Crippen LogP contribution in [0.2, 0.25) is 5.02 Å². The SMILES string of the molecule is CC(C)=Cc1nc2c(Cn3nc(C(=O)O)cc3C)cc(Cl)cc2s1. The molecule has 124 valence electrons. The van der Waals surface area contributed by atoms with Crippen LogP contribution in [-0.4, -0.2) is 25.8 Å². The van der Waals surface area contributed by atoms with Gasteiger partial charge in [-0.3, -0.25) is 4.68 Å². The third-order valence-electron chi connectivity index (χ3n) is 3.49. The van der Waals surface area contributed by atoms with Gasteiger partial charge >= 0.3 is 5.97 Å². The highest BCUT2D eigenvalue weighted by atomic mass is 35.5. The molecule has 0 radical (unpaired) electrons. The quantitative estimate of drug-likeness (QED) is 0.735. The molecule has 2 aromatic heterocycles. The lowest BCUT2D eigenvalue weighted by Gasteiger charge is -2.06. The zero-order chi connectivity index (χ0) is 17.4. The van der Waals surface area contributed by atoms with Crippen LogP contribution in [0.4, 0.5) is 0 Å². The number of benzene rings is 1. The van der Waals surface area contributed by atoms with Crippen molar-refractivity contribution in [2.45, 2.75) is 27.3 Å². The fourth-order valence-corrected chi connectivity index (χ4v) is 3.87. The van der Waals surface area contributed by atoms with Crippen molar-refractivity contribution < 1.29 is 9.90 Å². The molecule has 0 unspecified atom stereocenters. The predicted molar refractivity (Wildman–Crippen MR) is 97.0 cm³/mol. The van der Waals surface area contributed by atoms with E-state index in [-0.39, 0.29) is 5.69 Å². The van der Waals surface area contributed by atoms with E-state index in [2.05, 4.69) is 10.1 Å². The first kappa shape index (κ1) is 16.7. The maximum atomic E-state index is 11.1. The molecule has 3 rings (SSSR count). The summed E-state index contributed by atoms with van der Waals surface area (Å²) in [6.45, 7) is 6.31. The van der Waals surface area contributed by atoms with Crippen LogP contribution in [-0.2, 0) is 6.54 Å². The molecule has 0 fully saturated rings. The fraction of sp³-hybridized carbons (Fsp3) is 0.235. The highest BCUT2D eigenvalue weighted by Crippen LogP contribution is 2.30. The summed E-state index contributed by atoms with van der Waals surface area (Å²) in [7, 11) is 0. The number of thiazole rings is 1. The Morgan fingerprint density at radius 2 is 2.12 bits per heavy atom. The van der Waals surface area contributed by atoms with Gasteiger partial charge in [-0.25, -0.2) is 9.78 Å². The van der Waals surface area contributed by atoms with Crippen LogP contribution < -0.4 is 0 Å². The van der Waals surface area contributed by atoms with E-state index >= 15 is 0 Å². The van der Waals surface area contributed by atoms with Crippen molar-refractivity contribution in [3.63, 3.8) is 0 Å². The van der Waals surface area contributed by atoms with Crippen molar-refractivity contribution >= 4 is 45.2 Å². The maximum Gasteiger partial charge on any atom is 0.356 e. The highest BCUT2D eigenvalue weighted by molar-refractivity contribution is 7.19. The number of aromatic carboxylic acids is 1. The van der Waals surface area contributed by atoms with Gasteiger partial charge in [0.1, 0.15) is 5.01 Å². The summed E-state index contributed by atoms with van der Waals surface area (Å²) >= 11 is 7.82. The molecule has 1 N–H and O–H groups in total. The normalized spacial score (nSPS) is 11.0. The summed E-state index contributed by atoms with van der Waals surface area (Å²) in [5.41, 5.74) is 3.79. The lowest BCUT2D eigenvalue weighted by atomic mass is 10.2. The summed E-state index contributed by atoms with van der Waals surface area (Å²) < 4.78 is 2.67. The van der Waals surface area contributed by atoms with Gasteiger partial charge in [-0.05, 0) is 45.0 Å². The van der Waals surface area contributed by atoms with Gasteiger partial charge in [-0.15, -0.1) is 11.3 Å². The molecular formula is C17H16ClN3O2S. The molecule has 0 atom stereocenters. The molecule has 0 aliphatic carbocycles. The van der Waals surface area contributed by atoms with Crippen LogP contribution in [0, 0.1) is 6.92 Å². The molecule has 24 heavy (non-hydrogen) atoms. The number of aryl methyl sites for hydroxylation is 1. The van der Waals surface area contributed by atoms with Gasteiger partial charge in [0.2, 0.25) is 0 Å². The molecule has 0 aliphatic rings. The first-order valence-corrected chi connectivity index (χ1v) is 8.54. The molecular weight excluding hydrogens is 346 g/mol. The summed E-state index contributed by atoms with van der Waals surface area (Å²) in [5.74, 6) is -1.03. The van der Waals surface area contributed by atoms with E-state index in [1.54, 1.807) is 22.1 Å². The highest BCUT2D eigenvalue weighted by Gasteiger charge is 2.14. The second kappa shape index (κ2) is 6.37. The van der Waals surface area contributed by atoms with Crippen LogP contribution in [0.25, 0.3) is 16.3 Å². The Morgan fingerprint density at radius 1 is 1.38 bits per heavy atom. The van der Waals surface area contributed by atoms with Crippen LogP contribution >= 0.6 is 22.9 Å². The molecule has 2 heterocycles. The average molecular weight is 362 g/mol. The minimum atomic E-state index is -1.03. The summed E-state index contributed by atoms with van der Waals surface area (Å²) in [4.78, 5) is 15.8. The van der Waals surface area contributed by atoms with Crippen molar-refractivity contribution in [2.24, 2.45) is 0 Å². The van der Waals surface area contributed by atoms with Gasteiger partial charge in [0.15, 0.2) is 5.69 Å². The number of hydrogen-bond donors (Lipinski definition) is 1. The molecule has 3 aromatic rings. The van der Waals surface area contributed by atoms with Gasteiger partial charge in [0, 0.05) is 16.3 Å². The second-order valence-corrected chi connectivity index (χ2v) is 7.32. The minimum Gasteiger partial charge on any atom is -0.476 e. The largest absolute Gasteiger partial charge is 0.476 e. The molecule has 0 bridgehead atoms. The minimum absolute atomic E-state index is 0.0364. The number of allylic oxidation sites excluding steroid dienone is 1. The Kier molecular flexibility index (Phi) is 4.43. The van der Waals surface area contributed by atoms with Crippen LogP contribution in [0.15, 0.2) is 23.8 Å². The smallest absolute Gasteiger partial charge is 0.356 e. The van der Waals surface area contributed by atoms with E-state index in [1.165, 1.54) is 5.57 Å². The first-order valence-electron chi connectivity index (χ1n) is 7.35. The molecule has 0 amide bonds. The van der Waals surface area contributed by atoms with Gasteiger partial charge < -0.3 is 5.11 Å². The summed E-state index contributed by atoms with van der Waals surface area (Å²) in [5, 5.41) is 14.8. The van der Waals surface area contributed by atoms with Crippen molar-refractivity contribution in [2.75, 3.05) is 0 Å². The van der Waals surface area contributed by atoms with Crippen LogP contribution in [0.1, 0.15) is 40.6 Å². The number of halogens is 1. The second-order valence-electron chi connectivity index (χ2n) is 5.82. The molecule has 0 saturated carbocycles. The molecule has 7 heteroatoms. The van der Waals surface area contributed by atoms with Gasteiger partial charge in [-0.2, -0.15) is 5.10 Å². The van der Waals surface area contributed by atoms with Crippen molar-refractivity contribution in [1.29, 1.82) is 0 Å². The van der Waals surface area contributed by atoms with E-state index in [4.69, 9.17) is 16.7 Å². The summed E-state index contributed by atoms with van der Waals surface area (Å²) in [6, 6.07) is 5.32. The van der Waals surface area contributed by atoms with Crippen LogP contribution in [0.3, 0.4) is 0 Å². The Labute approximate surface area is 148 Å². The molecule has 5 nitrogen and oxygen atoms in total. The number of rotatable bonds is 4. The Bertz CT molecular complexity index is 968. The van der Waals surface area contributed by atoms with Crippen molar-refractivity contribution in [3.8, 4) is 0 Å². The number of carboxylic acid groups (broad SMARTS) is 1. The Balaban J connectivity index is 2.07. The van der Waals surface area contributed by atoms with Crippen molar-refractivity contribution in [3.05, 3.63) is 50.8 Å². The Morgan fingerprint density at radius 3 is 2.75 bits per heavy atom. The molecule has 0 aliphatic heterocycles. The predicted octanol–water partition coefficient (Wildman–Crippen LogP) is 4.62. The zero-order valence-corrected chi connectivity index (χ0v) is 15.1. The number of nitrogens with zero attached hydrogens (tertiary/aromatic N) is 3. The summed E-state index contributed by atoms with van der Waals surface area (Å²) in [6.07, 6.45) is 2.03.